The molecule has 0 aliphatic heterocycles. The van der Waals surface area contributed by atoms with Crippen molar-refractivity contribution in [3.63, 3.8) is 0 Å². The maximum atomic E-state index is 12.5. The van der Waals surface area contributed by atoms with Crippen molar-refractivity contribution >= 4 is 11.6 Å². The average Bonchev–Trinajstić information content (AvgIpc) is 3.32. The Morgan fingerprint density at radius 1 is 1.42 bits per heavy atom. The van der Waals surface area contributed by atoms with E-state index in [0.29, 0.717) is 18.5 Å². The number of aryl methyl sites for hydroxylation is 2. The molecule has 0 saturated heterocycles. The summed E-state index contributed by atoms with van der Waals surface area (Å²) in [6.45, 7) is 2.40. The number of nitrogens with zero attached hydrogens (tertiary/aromatic N) is 5. The van der Waals surface area contributed by atoms with E-state index in [9.17, 15) is 9.90 Å². The van der Waals surface area contributed by atoms with Crippen LogP contribution in [0.2, 0.25) is 0 Å². The summed E-state index contributed by atoms with van der Waals surface area (Å²) in [5.41, 5.74) is 2.34. The summed E-state index contributed by atoms with van der Waals surface area (Å²) < 4.78 is 3.82. The van der Waals surface area contributed by atoms with Gasteiger partial charge in [0.2, 0.25) is 0 Å². The predicted octanol–water partition coefficient (Wildman–Crippen LogP) is 1.06. The minimum absolute atomic E-state index is 0.0121. The highest BCUT2D eigenvalue weighted by atomic mass is 16.3. The van der Waals surface area contributed by atoms with Crippen LogP contribution >= 0.6 is 0 Å². The average molecular weight is 354 g/mol. The van der Waals surface area contributed by atoms with Gasteiger partial charge in [0, 0.05) is 49.1 Å². The molecule has 8 nitrogen and oxygen atoms in total. The Labute approximate surface area is 150 Å². The third kappa shape index (κ3) is 2.96. The van der Waals surface area contributed by atoms with Gasteiger partial charge in [0.1, 0.15) is 17.8 Å². The number of nitrogens with one attached hydrogen (secondary N) is 1. The van der Waals surface area contributed by atoms with Crippen molar-refractivity contribution < 1.29 is 9.90 Å². The second kappa shape index (κ2) is 6.53. The normalized spacial score (nSPS) is 22.8. The van der Waals surface area contributed by atoms with Crippen molar-refractivity contribution in [2.24, 2.45) is 13.0 Å². The number of hydrogen-bond acceptors (Lipinski definition) is 5. The van der Waals surface area contributed by atoms with Crippen molar-refractivity contribution in [1.29, 1.82) is 0 Å². The lowest BCUT2D eigenvalue weighted by atomic mass is 10.0. The van der Waals surface area contributed by atoms with Gasteiger partial charge in [0.15, 0.2) is 0 Å². The fourth-order valence-electron chi connectivity index (χ4n) is 3.77. The monoisotopic (exact) mass is 354 g/mol. The molecule has 1 amide bonds. The maximum Gasteiger partial charge on any atom is 0.251 e. The summed E-state index contributed by atoms with van der Waals surface area (Å²) in [5, 5.41) is 21.4. The summed E-state index contributed by atoms with van der Waals surface area (Å²) in [6.07, 6.45) is 6.28. The summed E-state index contributed by atoms with van der Waals surface area (Å²) >= 11 is 0. The van der Waals surface area contributed by atoms with E-state index in [1.807, 2.05) is 29.1 Å². The number of aromatic nitrogens is 5. The first-order chi connectivity index (χ1) is 12.5. The number of hydrogen-bond donors (Lipinski definition) is 2. The molecule has 26 heavy (non-hydrogen) atoms. The van der Waals surface area contributed by atoms with Crippen molar-refractivity contribution in [1.82, 2.24) is 29.5 Å². The van der Waals surface area contributed by atoms with Gasteiger partial charge in [-0.1, -0.05) is 0 Å². The molecule has 3 aromatic heterocycles. The Morgan fingerprint density at radius 3 is 3.04 bits per heavy atom. The van der Waals surface area contributed by atoms with Crippen LogP contribution in [0.4, 0.5) is 0 Å². The molecule has 136 valence electrons. The van der Waals surface area contributed by atoms with Crippen molar-refractivity contribution in [2.75, 3.05) is 6.54 Å². The second-order valence-corrected chi connectivity index (χ2v) is 7.05. The zero-order chi connectivity index (χ0) is 18.3. The number of imidazole rings is 1. The molecule has 8 heteroatoms. The number of carbonyl (C=O) groups is 1. The molecular weight excluding hydrogens is 332 g/mol. The molecule has 0 unspecified atom stereocenters. The Morgan fingerprint density at radius 2 is 2.27 bits per heavy atom. The van der Waals surface area contributed by atoms with Crippen LogP contribution < -0.4 is 5.32 Å². The van der Waals surface area contributed by atoms with Crippen LogP contribution in [-0.4, -0.2) is 47.8 Å². The smallest absolute Gasteiger partial charge is 0.251 e. The van der Waals surface area contributed by atoms with Gasteiger partial charge in [0.25, 0.3) is 5.91 Å². The fraction of sp³-hybridized carbons (Fsp3) is 0.444. The van der Waals surface area contributed by atoms with Crippen molar-refractivity contribution in [3.8, 4) is 0 Å². The van der Waals surface area contributed by atoms with E-state index < -0.39 is 6.10 Å². The van der Waals surface area contributed by atoms with E-state index in [1.54, 1.807) is 24.7 Å². The zero-order valence-corrected chi connectivity index (χ0v) is 14.8. The topological polar surface area (TPSA) is 97.3 Å². The van der Waals surface area contributed by atoms with Crippen LogP contribution in [0.1, 0.15) is 40.6 Å². The highest BCUT2D eigenvalue weighted by molar-refractivity contribution is 5.95. The summed E-state index contributed by atoms with van der Waals surface area (Å²) in [4.78, 5) is 16.8. The number of aliphatic hydroxyl groups excluding tert-OH is 1. The third-order valence-corrected chi connectivity index (χ3v) is 5.25. The van der Waals surface area contributed by atoms with Crippen molar-refractivity contribution in [2.45, 2.75) is 31.8 Å². The molecule has 1 saturated carbocycles. The number of rotatable bonds is 4. The second-order valence-electron chi connectivity index (χ2n) is 7.05. The number of fused-ring (bicyclic) bond motifs is 1. The zero-order valence-electron chi connectivity index (χ0n) is 14.8. The molecule has 1 aliphatic rings. The van der Waals surface area contributed by atoms with Gasteiger partial charge in [-0.15, -0.1) is 10.2 Å². The molecule has 0 spiro atoms. The molecule has 4 rings (SSSR count). The van der Waals surface area contributed by atoms with E-state index in [1.165, 1.54) is 0 Å². The van der Waals surface area contributed by atoms with Crippen LogP contribution in [0.5, 0.6) is 0 Å². The maximum absolute atomic E-state index is 12.5. The molecule has 0 aromatic carbocycles. The van der Waals surface area contributed by atoms with Gasteiger partial charge in [0.05, 0.1) is 6.10 Å². The lowest BCUT2D eigenvalue weighted by molar-refractivity contribution is 0.0916. The molecule has 0 bridgehead atoms. The van der Waals surface area contributed by atoms with E-state index in [-0.39, 0.29) is 17.7 Å². The molecule has 3 heterocycles. The SMILES string of the molecule is Cc1cnc2cc(C(=O)NC[C@H]3C[C@H](c4nncn4C)C[C@H]3O)ccn12. The number of aliphatic hydroxyl groups is 1. The van der Waals surface area contributed by atoms with E-state index in [4.69, 9.17) is 0 Å². The van der Waals surface area contributed by atoms with Crippen molar-refractivity contribution in [3.05, 3.63) is 47.9 Å². The first-order valence-electron chi connectivity index (χ1n) is 8.77. The minimum atomic E-state index is -0.450. The van der Waals surface area contributed by atoms with Gasteiger partial charge < -0.3 is 19.4 Å². The predicted molar refractivity (Wildman–Crippen MR) is 94.7 cm³/mol. The molecule has 1 fully saturated rings. The summed E-state index contributed by atoms with van der Waals surface area (Å²) in [5.74, 6) is 0.919. The Hall–Kier alpha value is -2.74. The molecule has 3 atom stereocenters. The Balaban J connectivity index is 1.40. The highest BCUT2D eigenvalue weighted by Crippen LogP contribution is 2.37. The van der Waals surface area contributed by atoms with Gasteiger partial charge in [-0.2, -0.15) is 0 Å². The Kier molecular flexibility index (Phi) is 4.20. The first kappa shape index (κ1) is 16.7. The van der Waals surface area contributed by atoms with Crippen LogP contribution in [0.15, 0.2) is 30.9 Å². The lowest BCUT2D eigenvalue weighted by Gasteiger charge is -2.15. The van der Waals surface area contributed by atoms with Crippen LogP contribution in [0, 0.1) is 12.8 Å². The summed E-state index contributed by atoms with van der Waals surface area (Å²) in [7, 11) is 1.91. The molecule has 0 radical (unpaired) electrons. The summed E-state index contributed by atoms with van der Waals surface area (Å²) in [6, 6.07) is 3.56. The molecule has 1 aliphatic carbocycles. The standard InChI is InChI=1S/C18H22N6O2/c1-11-8-19-16-7-12(3-4-24(11)16)18(26)20-9-14-5-13(6-15(14)25)17-22-21-10-23(17)2/h3-4,7-8,10,13-15,25H,5-6,9H2,1-2H3,(H,20,26)/t13-,14+,15+/m0/s1. The van der Waals surface area contributed by atoms with Crippen LogP contribution in [-0.2, 0) is 7.05 Å². The largest absolute Gasteiger partial charge is 0.393 e. The number of pyridine rings is 1. The van der Waals surface area contributed by atoms with Gasteiger partial charge in [-0.05, 0) is 31.9 Å². The number of amides is 1. The Bertz CT molecular complexity index is 946. The first-order valence-corrected chi connectivity index (χ1v) is 8.77. The molecule has 3 aromatic rings. The third-order valence-electron chi connectivity index (χ3n) is 5.25. The lowest BCUT2D eigenvalue weighted by Crippen LogP contribution is -2.32. The van der Waals surface area contributed by atoms with Gasteiger partial charge >= 0.3 is 0 Å². The minimum Gasteiger partial charge on any atom is -0.393 e. The quantitative estimate of drug-likeness (QED) is 0.730. The molecular formula is C18H22N6O2. The van der Waals surface area contributed by atoms with Crippen LogP contribution in [0.3, 0.4) is 0 Å². The van der Waals surface area contributed by atoms with Crippen LogP contribution in [0.25, 0.3) is 5.65 Å². The van der Waals surface area contributed by atoms with E-state index in [0.717, 1.165) is 23.6 Å². The molecule has 2 N–H and O–H groups in total. The van der Waals surface area contributed by atoms with E-state index in [2.05, 4.69) is 20.5 Å². The van der Waals surface area contributed by atoms with Gasteiger partial charge in [-0.3, -0.25) is 4.79 Å². The number of carbonyl (C=O) groups excluding carboxylic acids is 1. The van der Waals surface area contributed by atoms with Gasteiger partial charge in [-0.25, -0.2) is 4.98 Å². The highest BCUT2D eigenvalue weighted by Gasteiger charge is 2.36. The van der Waals surface area contributed by atoms with E-state index >= 15 is 0 Å². The fourth-order valence-corrected chi connectivity index (χ4v) is 3.77.